The summed E-state index contributed by atoms with van der Waals surface area (Å²) in [6.07, 6.45) is 0. The maximum Gasteiger partial charge on any atom is 0.340 e. The van der Waals surface area contributed by atoms with Gasteiger partial charge in [-0.1, -0.05) is 54.9 Å². The fourth-order valence-corrected chi connectivity index (χ4v) is 2.89. The van der Waals surface area contributed by atoms with Crippen molar-refractivity contribution in [1.82, 2.24) is 4.90 Å². The quantitative estimate of drug-likeness (QED) is 0.331. The number of halogens is 1. The molecule has 0 bridgehead atoms. The molecular formula is C21H28BrN3O4. The molecule has 2 rings (SSSR count). The summed E-state index contributed by atoms with van der Waals surface area (Å²) in [5, 5.41) is 14.1. The normalized spacial score (nSPS) is 10.1. The van der Waals surface area contributed by atoms with Crippen LogP contribution < -0.4 is 5.32 Å². The summed E-state index contributed by atoms with van der Waals surface area (Å²) in [6, 6.07) is 11.8. The van der Waals surface area contributed by atoms with Crippen molar-refractivity contribution < 1.29 is 14.5 Å². The molecule has 0 radical (unpaired) electrons. The van der Waals surface area contributed by atoms with Crippen molar-refractivity contribution in [3.05, 3.63) is 68.2 Å². The van der Waals surface area contributed by atoms with Crippen LogP contribution in [0.2, 0.25) is 0 Å². The standard InChI is InChI=1S/C15H13BrN2O4.C6H15N/c1-22-15(19)12-3-2-4-13(18(20)21)14(12)17-9-10-5-7-11(16)8-6-10;1-4-7(5-2)6-3/h2-8,17H,9H2,1H3;4-6H2,1-3H3. The highest BCUT2D eigenvalue weighted by molar-refractivity contribution is 9.10. The lowest BCUT2D eigenvalue weighted by molar-refractivity contribution is -0.384. The van der Waals surface area contributed by atoms with Crippen LogP contribution in [0.25, 0.3) is 0 Å². The second-order valence-corrected chi connectivity index (χ2v) is 6.96. The Kier molecular flexibility index (Phi) is 10.9. The molecule has 158 valence electrons. The summed E-state index contributed by atoms with van der Waals surface area (Å²) in [4.78, 5) is 24.8. The van der Waals surface area contributed by atoms with Gasteiger partial charge in [-0.25, -0.2) is 4.79 Å². The summed E-state index contributed by atoms with van der Waals surface area (Å²) >= 11 is 3.34. The van der Waals surface area contributed by atoms with Crippen molar-refractivity contribution in [2.24, 2.45) is 0 Å². The predicted molar refractivity (Wildman–Crippen MR) is 119 cm³/mol. The number of hydrogen-bond donors (Lipinski definition) is 1. The molecule has 0 saturated heterocycles. The van der Waals surface area contributed by atoms with Gasteiger partial charge in [0.15, 0.2) is 0 Å². The summed E-state index contributed by atoms with van der Waals surface area (Å²) in [5.74, 6) is -0.623. The van der Waals surface area contributed by atoms with Crippen molar-refractivity contribution in [1.29, 1.82) is 0 Å². The molecule has 8 heteroatoms. The third-order valence-electron chi connectivity index (χ3n) is 4.37. The lowest BCUT2D eigenvalue weighted by Gasteiger charge is -2.13. The van der Waals surface area contributed by atoms with E-state index in [9.17, 15) is 14.9 Å². The first-order valence-electron chi connectivity index (χ1n) is 9.44. The number of esters is 1. The van der Waals surface area contributed by atoms with Crippen LogP contribution in [0.1, 0.15) is 36.7 Å². The minimum absolute atomic E-state index is 0.133. The van der Waals surface area contributed by atoms with E-state index >= 15 is 0 Å². The Morgan fingerprint density at radius 1 is 1.10 bits per heavy atom. The number of anilines is 1. The number of carbonyl (C=O) groups is 1. The van der Waals surface area contributed by atoms with E-state index in [2.05, 4.69) is 51.7 Å². The highest BCUT2D eigenvalue weighted by atomic mass is 79.9. The van der Waals surface area contributed by atoms with E-state index in [1.165, 1.54) is 44.9 Å². The largest absolute Gasteiger partial charge is 0.465 e. The third kappa shape index (κ3) is 7.83. The Bertz CT molecular complexity index is 788. The Morgan fingerprint density at radius 3 is 2.14 bits per heavy atom. The van der Waals surface area contributed by atoms with E-state index in [-0.39, 0.29) is 16.9 Å². The first kappa shape index (κ1) is 24.6. The number of methoxy groups -OCH3 is 1. The van der Waals surface area contributed by atoms with E-state index in [0.717, 1.165) is 10.0 Å². The fraction of sp³-hybridized carbons (Fsp3) is 0.381. The number of nitrogens with one attached hydrogen (secondary N) is 1. The van der Waals surface area contributed by atoms with Gasteiger partial charge in [-0.2, -0.15) is 0 Å². The second kappa shape index (κ2) is 12.9. The molecule has 2 aromatic rings. The maximum absolute atomic E-state index is 11.8. The molecule has 1 N–H and O–H groups in total. The third-order valence-corrected chi connectivity index (χ3v) is 4.90. The summed E-state index contributed by atoms with van der Waals surface area (Å²) < 4.78 is 5.61. The average molecular weight is 466 g/mol. The van der Waals surface area contributed by atoms with Gasteiger partial charge in [-0.3, -0.25) is 10.1 Å². The van der Waals surface area contributed by atoms with Crippen LogP contribution in [0.5, 0.6) is 0 Å². The molecule has 0 heterocycles. The van der Waals surface area contributed by atoms with Crippen LogP contribution in [-0.2, 0) is 11.3 Å². The van der Waals surface area contributed by atoms with Crippen molar-refractivity contribution in [3.8, 4) is 0 Å². The van der Waals surface area contributed by atoms with E-state index in [0.29, 0.717) is 6.54 Å². The van der Waals surface area contributed by atoms with E-state index in [1.807, 2.05) is 24.3 Å². The van der Waals surface area contributed by atoms with Gasteiger partial charge >= 0.3 is 5.97 Å². The first-order chi connectivity index (χ1) is 13.9. The molecule has 0 unspecified atom stereocenters. The molecule has 0 spiro atoms. The number of benzene rings is 2. The Labute approximate surface area is 180 Å². The van der Waals surface area contributed by atoms with Gasteiger partial charge < -0.3 is 15.0 Å². The number of rotatable bonds is 8. The molecule has 0 aromatic heterocycles. The minimum atomic E-state index is -0.623. The first-order valence-corrected chi connectivity index (χ1v) is 10.2. The van der Waals surface area contributed by atoms with Gasteiger partial charge in [-0.15, -0.1) is 0 Å². The molecule has 0 aliphatic rings. The van der Waals surface area contributed by atoms with E-state index in [4.69, 9.17) is 0 Å². The van der Waals surface area contributed by atoms with E-state index < -0.39 is 10.9 Å². The monoisotopic (exact) mass is 465 g/mol. The molecule has 0 aliphatic carbocycles. The molecular weight excluding hydrogens is 438 g/mol. The van der Waals surface area contributed by atoms with Crippen LogP contribution in [0.3, 0.4) is 0 Å². The van der Waals surface area contributed by atoms with Crippen LogP contribution in [-0.4, -0.2) is 42.5 Å². The Balaban J connectivity index is 0.000000516. The Hall–Kier alpha value is -2.45. The number of hydrogen-bond acceptors (Lipinski definition) is 6. The molecule has 0 saturated carbocycles. The van der Waals surface area contributed by atoms with Crippen molar-refractivity contribution >= 4 is 33.3 Å². The van der Waals surface area contributed by atoms with Gasteiger partial charge in [0.1, 0.15) is 5.69 Å². The molecule has 29 heavy (non-hydrogen) atoms. The van der Waals surface area contributed by atoms with Crippen LogP contribution in [0, 0.1) is 10.1 Å². The van der Waals surface area contributed by atoms with Crippen LogP contribution in [0.15, 0.2) is 46.9 Å². The SMILES string of the molecule is CCN(CC)CC.COC(=O)c1cccc([N+](=O)[O-])c1NCc1ccc(Br)cc1. The number of carbonyl (C=O) groups excluding carboxylic acids is 1. The van der Waals surface area contributed by atoms with Crippen molar-refractivity contribution in [3.63, 3.8) is 0 Å². The number of nitrogens with zero attached hydrogens (tertiary/aromatic N) is 2. The molecule has 0 atom stereocenters. The smallest absolute Gasteiger partial charge is 0.340 e. The molecule has 0 amide bonds. The fourth-order valence-electron chi connectivity index (χ4n) is 2.62. The average Bonchev–Trinajstić information content (AvgIpc) is 2.74. The zero-order valence-electron chi connectivity index (χ0n) is 17.3. The van der Waals surface area contributed by atoms with Gasteiger partial charge in [0, 0.05) is 17.1 Å². The lowest BCUT2D eigenvalue weighted by atomic mass is 10.1. The van der Waals surface area contributed by atoms with Crippen molar-refractivity contribution in [2.45, 2.75) is 27.3 Å². The Morgan fingerprint density at radius 2 is 1.69 bits per heavy atom. The van der Waals surface area contributed by atoms with Gasteiger partial charge in [0.05, 0.1) is 17.6 Å². The second-order valence-electron chi connectivity index (χ2n) is 6.05. The molecule has 7 nitrogen and oxygen atoms in total. The number of nitro benzene ring substituents is 1. The minimum Gasteiger partial charge on any atom is -0.465 e. The number of nitro groups is 1. The molecule has 0 fully saturated rings. The summed E-state index contributed by atoms with van der Waals surface area (Å²) in [7, 11) is 1.24. The predicted octanol–water partition coefficient (Wildman–Crippen LogP) is 5.10. The highest BCUT2D eigenvalue weighted by Crippen LogP contribution is 2.29. The number of ether oxygens (including phenoxy) is 1. The molecule has 0 aliphatic heterocycles. The zero-order valence-corrected chi connectivity index (χ0v) is 18.9. The number of para-hydroxylation sites is 1. The maximum atomic E-state index is 11.8. The summed E-state index contributed by atoms with van der Waals surface area (Å²) in [5.41, 5.74) is 1.05. The van der Waals surface area contributed by atoms with Crippen LogP contribution >= 0.6 is 15.9 Å². The van der Waals surface area contributed by atoms with Gasteiger partial charge in [0.25, 0.3) is 5.69 Å². The van der Waals surface area contributed by atoms with Gasteiger partial charge in [0.2, 0.25) is 0 Å². The summed E-state index contributed by atoms with van der Waals surface area (Å²) in [6.45, 7) is 10.5. The lowest BCUT2D eigenvalue weighted by Crippen LogP contribution is -2.21. The zero-order chi connectivity index (χ0) is 21.8. The molecule has 2 aromatic carbocycles. The van der Waals surface area contributed by atoms with Gasteiger partial charge in [-0.05, 0) is 43.4 Å². The van der Waals surface area contributed by atoms with Crippen molar-refractivity contribution in [2.75, 3.05) is 32.1 Å². The highest BCUT2D eigenvalue weighted by Gasteiger charge is 2.21. The van der Waals surface area contributed by atoms with E-state index in [1.54, 1.807) is 0 Å². The topological polar surface area (TPSA) is 84.7 Å². The van der Waals surface area contributed by atoms with Crippen LogP contribution in [0.4, 0.5) is 11.4 Å².